The Balaban J connectivity index is 2.87. The van der Waals surface area contributed by atoms with Crippen LogP contribution in [0.25, 0.3) is 0 Å². The molecule has 91 valence electrons. The lowest BCUT2D eigenvalue weighted by Crippen LogP contribution is -2.19. The molecule has 0 aliphatic rings. The quantitative estimate of drug-likeness (QED) is 0.421. The Morgan fingerprint density at radius 1 is 0.933 bits per heavy atom. The van der Waals surface area contributed by atoms with Crippen LogP contribution in [0.1, 0.15) is 64.7 Å². The molecule has 0 aromatic rings. The van der Waals surface area contributed by atoms with Crippen LogP contribution in [-0.2, 0) is 4.74 Å². The largest absolute Gasteiger partial charge is 0.364 e. The van der Waals surface area contributed by atoms with Gasteiger partial charge in [-0.3, -0.25) is 0 Å². The van der Waals surface area contributed by atoms with Crippen molar-refractivity contribution in [1.82, 2.24) is 0 Å². The van der Waals surface area contributed by atoms with Gasteiger partial charge >= 0.3 is 0 Å². The topological polar surface area (TPSA) is 35.2 Å². The van der Waals surface area contributed by atoms with Crippen LogP contribution < -0.4 is 5.73 Å². The van der Waals surface area contributed by atoms with Crippen LogP contribution in [0.4, 0.5) is 0 Å². The molecule has 1 unspecified atom stereocenters. The lowest BCUT2D eigenvalue weighted by molar-refractivity contribution is 0.0844. The molecule has 0 bridgehead atoms. The van der Waals surface area contributed by atoms with Crippen molar-refractivity contribution in [3.8, 4) is 0 Å². The lowest BCUT2D eigenvalue weighted by atomic mass is 10.1. The second-order valence-corrected chi connectivity index (χ2v) is 4.24. The summed E-state index contributed by atoms with van der Waals surface area (Å²) in [5, 5.41) is 0. The average Bonchev–Trinajstić information content (AvgIpc) is 2.20. The molecule has 2 N–H and O–H groups in total. The first-order valence-corrected chi connectivity index (χ1v) is 6.47. The lowest BCUT2D eigenvalue weighted by Gasteiger charge is -2.06. The van der Waals surface area contributed by atoms with E-state index in [4.69, 9.17) is 10.5 Å². The van der Waals surface area contributed by atoms with Gasteiger partial charge in [-0.25, -0.2) is 0 Å². The van der Waals surface area contributed by atoms with E-state index in [-0.39, 0.29) is 6.23 Å². The molecule has 1 atom stereocenters. The van der Waals surface area contributed by atoms with Gasteiger partial charge in [-0.1, -0.05) is 58.3 Å². The molecule has 0 spiro atoms. The zero-order valence-corrected chi connectivity index (χ0v) is 10.3. The summed E-state index contributed by atoms with van der Waals surface area (Å²) in [6, 6.07) is 0. The van der Waals surface area contributed by atoms with Crippen LogP contribution in [0.3, 0.4) is 0 Å². The predicted octanol–water partition coefficient (Wildman–Crippen LogP) is 3.65. The van der Waals surface area contributed by atoms with E-state index >= 15 is 0 Å². The minimum absolute atomic E-state index is 0.348. The van der Waals surface area contributed by atoms with Crippen molar-refractivity contribution < 1.29 is 4.74 Å². The first-order chi connectivity index (χ1) is 7.27. The number of nitrogens with two attached hydrogens (primary N) is 1. The molecule has 2 nitrogen and oxygen atoms in total. The number of hydrogen-bond donors (Lipinski definition) is 1. The maximum Gasteiger partial charge on any atom is 0.105 e. The Hall–Kier alpha value is -0.0800. The molecule has 0 amide bonds. The summed E-state index contributed by atoms with van der Waals surface area (Å²) >= 11 is 0. The van der Waals surface area contributed by atoms with Gasteiger partial charge in [0.1, 0.15) is 6.23 Å². The van der Waals surface area contributed by atoms with Crippen LogP contribution in [0.2, 0.25) is 0 Å². The Morgan fingerprint density at radius 3 is 1.87 bits per heavy atom. The molecule has 0 saturated heterocycles. The van der Waals surface area contributed by atoms with Gasteiger partial charge in [0.2, 0.25) is 0 Å². The smallest absolute Gasteiger partial charge is 0.105 e. The predicted molar refractivity (Wildman–Crippen MR) is 66.5 cm³/mol. The summed E-state index contributed by atoms with van der Waals surface area (Å²) in [6.07, 6.45) is 11.7. The van der Waals surface area contributed by atoms with Gasteiger partial charge in [0.15, 0.2) is 0 Å². The summed E-state index contributed by atoms with van der Waals surface area (Å²) in [7, 11) is 0. The minimum Gasteiger partial charge on any atom is -0.364 e. The van der Waals surface area contributed by atoms with Crippen LogP contribution >= 0.6 is 0 Å². The van der Waals surface area contributed by atoms with Gasteiger partial charge in [0.25, 0.3) is 0 Å². The molecule has 0 fully saturated rings. The molecule has 0 aromatic heterocycles. The van der Waals surface area contributed by atoms with E-state index in [1.165, 1.54) is 51.4 Å². The van der Waals surface area contributed by atoms with Crippen molar-refractivity contribution in [2.75, 3.05) is 6.61 Å². The molecule has 2 heteroatoms. The van der Waals surface area contributed by atoms with Crippen LogP contribution in [0.5, 0.6) is 0 Å². The highest BCUT2D eigenvalue weighted by Crippen LogP contribution is 2.09. The van der Waals surface area contributed by atoms with Crippen molar-refractivity contribution >= 4 is 0 Å². The van der Waals surface area contributed by atoms with Crippen molar-refractivity contribution in [2.45, 2.75) is 70.9 Å². The van der Waals surface area contributed by atoms with E-state index in [0.29, 0.717) is 0 Å². The molecule has 15 heavy (non-hydrogen) atoms. The highest BCUT2D eigenvalue weighted by molar-refractivity contribution is 4.49. The molecule has 0 aliphatic heterocycles. The third-order valence-electron chi connectivity index (χ3n) is 2.58. The van der Waals surface area contributed by atoms with Gasteiger partial charge < -0.3 is 10.5 Å². The molecule has 0 heterocycles. The van der Waals surface area contributed by atoms with E-state index in [1.807, 2.05) is 0 Å². The number of unbranched alkanes of at least 4 members (excludes halogenated alkanes) is 8. The molecule has 0 rings (SSSR count). The van der Waals surface area contributed by atoms with Gasteiger partial charge in [0.05, 0.1) is 0 Å². The summed E-state index contributed by atoms with van der Waals surface area (Å²) in [5.41, 5.74) is 5.37. The first-order valence-electron chi connectivity index (χ1n) is 6.47. The third kappa shape index (κ3) is 13.9. The first kappa shape index (κ1) is 14.9. The minimum atomic E-state index is -0.348. The number of ether oxygens (including phenoxy) is 1. The van der Waals surface area contributed by atoms with Crippen molar-refractivity contribution in [3.63, 3.8) is 0 Å². The Labute approximate surface area is 95.6 Å². The van der Waals surface area contributed by atoms with Gasteiger partial charge in [-0.05, 0) is 13.3 Å². The monoisotopic (exact) mass is 214 g/mol. The average molecular weight is 214 g/mol. The van der Waals surface area contributed by atoms with Gasteiger partial charge in [-0.15, -0.1) is 0 Å². The molecular formula is C13H28NO. The van der Waals surface area contributed by atoms with Crippen molar-refractivity contribution in [3.05, 3.63) is 6.92 Å². The normalized spacial score (nSPS) is 13.0. The van der Waals surface area contributed by atoms with E-state index in [1.54, 1.807) is 0 Å². The van der Waals surface area contributed by atoms with Crippen molar-refractivity contribution in [1.29, 1.82) is 0 Å². The fraction of sp³-hybridized carbons (Fsp3) is 0.923. The second kappa shape index (κ2) is 12.0. The third-order valence-corrected chi connectivity index (χ3v) is 2.58. The maximum absolute atomic E-state index is 5.37. The summed E-state index contributed by atoms with van der Waals surface area (Å²) in [4.78, 5) is 0. The summed E-state index contributed by atoms with van der Waals surface area (Å²) in [5.74, 6) is 0. The fourth-order valence-corrected chi connectivity index (χ4v) is 1.65. The molecule has 0 aliphatic carbocycles. The maximum atomic E-state index is 5.37. The number of hydrogen-bond acceptors (Lipinski definition) is 2. The van der Waals surface area contributed by atoms with E-state index in [9.17, 15) is 0 Å². The fourth-order valence-electron chi connectivity index (χ4n) is 1.65. The zero-order valence-electron chi connectivity index (χ0n) is 10.3. The van der Waals surface area contributed by atoms with Gasteiger partial charge in [-0.2, -0.15) is 0 Å². The van der Waals surface area contributed by atoms with E-state index in [2.05, 4.69) is 13.8 Å². The zero-order chi connectivity index (χ0) is 11.4. The van der Waals surface area contributed by atoms with Crippen LogP contribution in [0, 0.1) is 6.92 Å². The number of rotatable bonds is 11. The summed E-state index contributed by atoms with van der Waals surface area (Å²) < 4.78 is 5.17. The van der Waals surface area contributed by atoms with E-state index in [0.717, 1.165) is 13.0 Å². The molecule has 1 radical (unpaired) electrons. The Kier molecular flexibility index (Phi) is 11.9. The van der Waals surface area contributed by atoms with Gasteiger partial charge in [0, 0.05) is 6.61 Å². The Morgan fingerprint density at radius 2 is 1.40 bits per heavy atom. The summed E-state index contributed by atoms with van der Waals surface area (Å²) in [6.45, 7) is 6.59. The Bertz CT molecular complexity index is 115. The standard InChI is InChI=1S/C13H28NO/c1-3-4-5-6-7-8-9-10-11-12-15-13(2)14/h13H,2-12,14H2,1H3. The highest BCUT2D eigenvalue weighted by atomic mass is 16.5. The van der Waals surface area contributed by atoms with Crippen LogP contribution in [-0.4, -0.2) is 12.8 Å². The van der Waals surface area contributed by atoms with Crippen LogP contribution in [0.15, 0.2) is 0 Å². The SMILES string of the molecule is [CH2]C(N)OCCCCCCCCCCC. The molecule has 0 saturated carbocycles. The molecular weight excluding hydrogens is 186 g/mol. The highest BCUT2D eigenvalue weighted by Gasteiger charge is 1.94. The van der Waals surface area contributed by atoms with Crippen molar-refractivity contribution in [2.24, 2.45) is 5.73 Å². The van der Waals surface area contributed by atoms with E-state index < -0.39 is 0 Å². The molecule has 0 aromatic carbocycles. The second-order valence-electron chi connectivity index (χ2n) is 4.24.